The average Bonchev–Trinajstić information content (AvgIpc) is 3.20. The average molecular weight is 473 g/mol. The van der Waals surface area contributed by atoms with Crippen LogP contribution in [0.4, 0.5) is 11.9 Å². The van der Waals surface area contributed by atoms with Gasteiger partial charge in [-0.15, -0.1) is 0 Å². The maximum absolute atomic E-state index is 12.0. The highest BCUT2D eigenvalue weighted by molar-refractivity contribution is 6.15. The zero-order chi connectivity index (χ0) is 23.8. The number of benzene rings is 1. The Morgan fingerprint density at radius 1 is 1.06 bits per heavy atom. The van der Waals surface area contributed by atoms with Crippen molar-refractivity contribution < 1.29 is 9.59 Å². The summed E-state index contributed by atoms with van der Waals surface area (Å²) in [6.07, 6.45) is 8.17. The second kappa shape index (κ2) is 9.10. The van der Waals surface area contributed by atoms with Gasteiger partial charge in [0.2, 0.25) is 17.8 Å². The highest BCUT2D eigenvalue weighted by atomic mass is 16.2. The molecule has 0 unspecified atom stereocenters. The lowest BCUT2D eigenvalue weighted by molar-refractivity contribution is -0.124. The molecule has 35 heavy (non-hydrogen) atoms. The highest BCUT2D eigenvalue weighted by Gasteiger charge is 2.26. The van der Waals surface area contributed by atoms with Crippen LogP contribution in [0.15, 0.2) is 36.0 Å². The number of nitrogens with one attached hydrogen (secondary N) is 3. The first-order valence-corrected chi connectivity index (χ1v) is 12.2. The van der Waals surface area contributed by atoms with E-state index in [9.17, 15) is 9.59 Å². The summed E-state index contributed by atoms with van der Waals surface area (Å²) in [4.78, 5) is 35.4. The minimum absolute atomic E-state index is 0.0628. The van der Waals surface area contributed by atoms with Crippen LogP contribution in [0.1, 0.15) is 48.8 Å². The van der Waals surface area contributed by atoms with Crippen molar-refractivity contribution in [3.05, 3.63) is 52.7 Å². The van der Waals surface area contributed by atoms with E-state index in [0.717, 1.165) is 24.9 Å². The van der Waals surface area contributed by atoms with Gasteiger partial charge in [-0.2, -0.15) is 19.6 Å². The van der Waals surface area contributed by atoms with Gasteiger partial charge in [-0.1, -0.05) is 24.3 Å². The number of imide groups is 1. The number of carbonyl (C=O) groups is 2. The molecule has 3 N–H and O–H groups in total. The molecule has 3 aromatic rings. The predicted molar refractivity (Wildman–Crippen MR) is 131 cm³/mol. The Labute approximate surface area is 202 Å². The van der Waals surface area contributed by atoms with Gasteiger partial charge in [0.15, 0.2) is 5.65 Å². The molecule has 0 bridgehead atoms. The number of aromatic nitrogens is 4. The Kier molecular flexibility index (Phi) is 5.65. The summed E-state index contributed by atoms with van der Waals surface area (Å²) < 4.78 is 1.65. The molecule has 1 aliphatic carbocycles. The number of nitrogens with zero attached hydrogens (tertiary/aromatic N) is 5. The smallest absolute Gasteiger partial charge is 0.254 e. The Balaban J connectivity index is 1.22. The Morgan fingerprint density at radius 3 is 2.54 bits per heavy atom. The van der Waals surface area contributed by atoms with Gasteiger partial charge < -0.3 is 10.6 Å². The second-order valence-electron chi connectivity index (χ2n) is 9.50. The first-order chi connectivity index (χ1) is 17.1. The fraction of sp³-hybridized carbons (Fsp3) is 0.400. The zero-order valence-corrected chi connectivity index (χ0v) is 19.5. The van der Waals surface area contributed by atoms with Gasteiger partial charge in [0, 0.05) is 30.3 Å². The minimum Gasteiger partial charge on any atom is -0.351 e. The van der Waals surface area contributed by atoms with Crippen molar-refractivity contribution in [2.45, 2.75) is 51.2 Å². The molecule has 1 saturated carbocycles. The van der Waals surface area contributed by atoms with Crippen molar-refractivity contribution in [1.29, 1.82) is 0 Å². The van der Waals surface area contributed by atoms with Crippen LogP contribution in [0.2, 0.25) is 0 Å². The van der Waals surface area contributed by atoms with E-state index in [1.54, 1.807) is 16.8 Å². The Bertz CT molecular complexity index is 1300. The lowest BCUT2D eigenvalue weighted by Crippen LogP contribution is -2.19. The van der Waals surface area contributed by atoms with Crippen molar-refractivity contribution in [1.82, 2.24) is 29.8 Å². The number of rotatable bonds is 8. The van der Waals surface area contributed by atoms with E-state index >= 15 is 0 Å². The monoisotopic (exact) mass is 472 g/mol. The molecule has 6 rings (SSSR count). The molecule has 180 valence electrons. The molecule has 2 saturated heterocycles. The SMILES string of the molecule is O=C1C/C(=C\c2cnn3c(NC4CC4)nc(NCc4ccc(CN5CCCC5)cc4)nc23)C(=O)N1. The minimum atomic E-state index is -0.369. The molecular weight excluding hydrogens is 444 g/mol. The molecular formula is C25H28N8O2. The van der Waals surface area contributed by atoms with E-state index in [4.69, 9.17) is 0 Å². The number of hydrogen-bond acceptors (Lipinski definition) is 8. The second-order valence-corrected chi connectivity index (χ2v) is 9.50. The van der Waals surface area contributed by atoms with Crippen LogP contribution in [-0.2, 0) is 22.7 Å². The van der Waals surface area contributed by atoms with Crippen molar-refractivity contribution >= 4 is 35.4 Å². The van der Waals surface area contributed by atoms with Crippen LogP contribution >= 0.6 is 0 Å². The molecule has 10 nitrogen and oxygen atoms in total. The lowest BCUT2D eigenvalue weighted by atomic mass is 10.1. The van der Waals surface area contributed by atoms with Crippen LogP contribution in [0.25, 0.3) is 11.7 Å². The van der Waals surface area contributed by atoms with Crippen LogP contribution in [0.5, 0.6) is 0 Å². The standard InChI is InChI=1S/C25H28N8O2/c34-21-12-18(23(35)29-21)11-19-14-27-33-22(19)30-24(31-25(33)28-20-7-8-20)26-13-16-3-5-17(6-4-16)15-32-9-1-2-10-32/h3-6,11,14,20H,1-2,7-10,12-13,15H2,(H,29,34,35)(H2,26,28,30,31)/b18-11+. The van der Waals surface area contributed by atoms with Crippen molar-refractivity contribution in [2.75, 3.05) is 23.7 Å². The first kappa shape index (κ1) is 21.7. The molecule has 0 radical (unpaired) electrons. The quantitative estimate of drug-likeness (QED) is 0.338. The molecule has 2 amide bonds. The number of carbonyl (C=O) groups excluding carboxylic acids is 2. The van der Waals surface area contributed by atoms with Gasteiger partial charge in [-0.3, -0.25) is 19.8 Å². The third kappa shape index (κ3) is 4.88. The number of anilines is 2. The van der Waals surface area contributed by atoms with Crippen molar-refractivity contribution in [3.63, 3.8) is 0 Å². The molecule has 4 heterocycles. The van der Waals surface area contributed by atoms with E-state index < -0.39 is 0 Å². The molecule has 1 aromatic carbocycles. The van der Waals surface area contributed by atoms with Crippen LogP contribution in [0.3, 0.4) is 0 Å². The fourth-order valence-electron chi connectivity index (χ4n) is 4.53. The molecule has 2 aromatic heterocycles. The van der Waals surface area contributed by atoms with Gasteiger partial charge in [-0.25, -0.2) is 0 Å². The third-order valence-electron chi connectivity index (χ3n) is 6.61. The Hall–Kier alpha value is -3.79. The summed E-state index contributed by atoms with van der Waals surface area (Å²) in [5, 5.41) is 13.5. The summed E-state index contributed by atoms with van der Waals surface area (Å²) >= 11 is 0. The van der Waals surface area contributed by atoms with Gasteiger partial charge >= 0.3 is 0 Å². The number of likely N-dealkylation sites (tertiary alicyclic amines) is 1. The van der Waals surface area contributed by atoms with Gasteiger partial charge in [0.05, 0.1) is 12.6 Å². The number of fused-ring (bicyclic) bond motifs is 1. The first-order valence-electron chi connectivity index (χ1n) is 12.2. The molecule has 3 aliphatic rings. The van der Waals surface area contributed by atoms with E-state index in [1.165, 1.54) is 31.5 Å². The summed E-state index contributed by atoms with van der Waals surface area (Å²) in [5.41, 5.74) is 4.12. The van der Waals surface area contributed by atoms with Gasteiger partial charge in [-0.05, 0) is 56.0 Å². The molecule has 0 spiro atoms. The van der Waals surface area contributed by atoms with Crippen molar-refractivity contribution in [3.8, 4) is 0 Å². The number of amides is 2. The predicted octanol–water partition coefficient (Wildman–Crippen LogP) is 2.34. The van der Waals surface area contributed by atoms with Crippen LogP contribution in [-0.4, -0.2) is 55.4 Å². The normalized spacial score (nSPS) is 19.6. The largest absolute Gasteiger partial charge is 0.351 e. The number of hydrogen-bond donors (Lipinski definition) is 3. The van der Waals surface area contributed by atoms with Crippen molar-refractivity contribution in [2.24, 2.45) is 0 Å². The molecule has 0 atom stereocenters. The van der Waals surface area contributed by atoms with Crippen LogP contribution < -0.4 is 16.0 Å². The van der Waals surface area contributed by atoms with E-state index in [1.807, 2.05) is 0 Å². The summed E-state index contributed by atoms with van der Waals surface area (Å²) in [5.74, 6) is 0.426. The molecule has 2 aliphatic heterocycles. The third-order valence-corrected chi connectivity index (χ3v) is 6.61. The molecule has 3 fully saturated rings. The topological polar surface area (TPSA) is 117 Å². The van der Waals surface area contributed by atoms with Gasteiger partial charge in [0.1, 0.15) is 0 Å². The van der Waals surface area contributed by atoms with E-state index in [0.29, 0.717) is 41.3 Å². The van der Waals surface area contributed by atoms with E-state index in [2.05, 4.69) is 60.2 Å². The zero-order valence-electron chi connectivity index (χ0n) is 19.5. The summed E-state index contributed by atoms with van der Waals surface area (Å²) in [6.45, 7) is 3.97. The van der Waals surface area contributed by atoms with E-state index in [-0.39, 0.29) is 18.2 Å². The summed E-state index contributed by atoms with van der Waals surface area (Å²) in [6, 6.07) is 9.05. The van der Waals surface area contributed by atoms with Crippen LogP contribution in [0, 0.1) is 0 Å². The highest BCUT2D eigenvalue weighted by Crippen LogP contribution is 2.26. The van der Waals surface area contributed by atoms with Gasteiger partial charge in [0.25, 0.3) is 5.91 Å². The molecule has 10 heteroatoms. The maximum atomic E-state index is 12.0. The Morgan fingerprint density at radius 2 is 1.83 bits per heavy atom. The lowest BCUT2D eigenvalue weighted by Gasteiger charge is -2.15. The maximum Gasteiger partial charge on any atom is 0.254 e. The summed E-state index contributed by atoms with van der Waals surface area (Å²) in [7, 11) is 0. The fourth-order valence-corrected chi connectivity index (χ4v) is 4.53.